The van der Waals surface area contributed by atoms with E-state index >= 15 is 0 Å². The van der Waals surface area contributed by atoms with Crippen LogP contribution in [-0.2, 0) is 17.6 Å². The number of hydrogen-bond donors (Lipinski definition) is 3. The van der Waals surface area contributed by atoms with E-state index in [1.54, 1.807) is 0 Å². The maximum atomic E-state index is 12.2. The van der Waals surface area contributed by atoms with Crippen molar-refractivity contribution in [2.24, 2.45) is 5.92 Å². The number of amides is 2. The van der Waals surface area contributed by atoms with Gasteiger partial charge < -0.3 is 15.7 Å². The smallest absolute Gasteiger partial charge is 0.251 e. The van der Waals surface area contributed by atoms with Gasteiger partial charge in [-0.25, -0.2) is 0 Å². The number of fused-ring (bicyclic) bond motifs is 1. The molecule has 1 aromatic carbocycles. The molecule has 2 amide bonds. The number of hydrogen-bond acceptors (Lipinski definition) is 3. The topological polar surface area (TPSA) is 78.4 Å². The number of nitrogens with one attached hydrogen (secondary N) is 2. The van der Waals surface area contributed by atoms with E-state index in [0.717, 1.165) is 32.1 Å². The molecule has 1 unspecified atom stereocenters. The molecule has 23 heavy (non-hydrogen) atoms. The summed E-state index contributed by atoms with van der Waals surface area (Å²) in [6, 6.07) is 5.82. The fourth-order valence-electron chi connectivity index (χ4n) is 3.30. The van der Waals surface area contributed by atoms with Crippen LogP contribution < -0.4 is 10.6 Å². The Balaban J connectivity index is 1.49. The molecule has 0 aromatic heterocycles. The van der Waals surface area contributed by atoms with Crippen molar-refractivity contribution in [3.05, 3.63) is 34.9 Å². The lowest BCUT2D eigenvalue weighted by Gasteiger charge is -2.17. The largest absolute Gasteiger partial charge is 0.396 e. The van der Waals surface area contributed by atoms with Gasteiger partial charge in [0.25, 0.3) is 5.91 Å². The quantitative estimate of drug-likeness (QED) is 0.707. The number of rotatable bonds is 7. The van der Waals surface area contributed by atoms with Crippen LogP contribution in [-0.4, -0.2) is 36.1 Å². The van der Waals surface area contributed by atoms with E-state index in [1.807, 2.05) is 18.2 Å². The van der Waals surface area contributed by atoms with Gasteiger partial charge in [0.05, 0.1) is 6.54 Å². The van der Waals surface area contributed by atoms with Crippen LogP contribution in [0.1, 0.15) is 47.2 Å². The van der Waals surface area contributed by atoms with Crippen molar-refractivity contribution in [3.8, 4) is 0 Å². The molecule has 1 saturated carbocycles. The van der Waals surface area contributed by atoms with Crippen LogP contribution in [0.3, 0.4) is 0 Å². The summed E-state index contributed by atoms with van der Waals surface area (Å²) in [7, 11) is 0. The van der Waals surface area contributed by atoms with Gasteiger partial charge >= 0.3 is 0 Å². The first-order valence-corrected chi connectivity index (χ1v) is 8.47. The Morgan fingerprint density at radius 2 is 2.00 bits per heavy atom. The molecular weight excluding hydrogens is 292 g/mol. The molecule has 124 valence electrons. The van der Waals surface area contributed by atoms with Crippen molar-refractivity contribution in [2.45, 2.75) is 44.6 Å². The van der Waals surface area contributed by atoms with Crippen molar-refractivity contribution in [3.63, 3.8) is 0 Å². The first-order chi connectivity index (χ1) is 11.2. The molecule has 5 nitrogen and oxygen atoms in total. The van der Waals surface area contributed by atoms with Crippen molar-refractivity contribution in [2.75, 3.05) is 13.2 Å². The predicted molar refractivity (Wildman–Crippen MR) is 87.2 cm³/mol. The minimum absolute atomic E-state index is 0.0232. The van der Waals surface area contributed by atoms with E-state index in [9.17, 15) is 9.59 Å². The van der Waals surface area contributed by atoms with E-state index in [2.05, 4.69) is 10.6 Å². The predicted octanol–water partition coefficient (Wildman–Crippen LogP) is 1.18. The summed E-state index contributed by atoms with van der Waals surface area (Å²) in [5.41, 5.74) is 3.20. The Labute approximate surface area is 136 Å². The van der Waals surface area contributed by atoms with Gasteiger partial charge in [-0.05, 0) is 67.7 Å². The lowest BCUT2D eigenvalue weighted by molar-refractivity contribution is -0.121. The van der Waals surface area contributed by atoms with Crippen molar-refractivity contribution < 1.29 is 14.7 Å². The van der Waals surface area contributed by atoms with E-state index in [4.69, 9.17) is 5.11 Å². The molecule has 0 heterocycles. The molecule has 1 fully saturated rings. The standard InChI is InChI=1S/C18H24N2O3/c21-9-8-16(13-5-6-13)20-17(22)11-19-18(23)15-7-4-12-2-1-3-14(12)10-15/h4,7,10,13,16,21H,1-3,5-6,8-9,11H2,(H,19,23)(H,20,22). The number of carbonyl (C=O) groups excluding carboxylic acids is 2. The number of aliphatic hydroxyl groups is 1. The third-order valence-electron chi connectivity index (χ3n) is 4.75. The van der Waals surface area contributed by atoms with Gasteiger partial charge in [0.2, 0.25) is 5.91 Å². The van der Waals surface area contributed by atoms with Gasteiger partial charge in [0.15, 0.2) is 0 Å². The van der Waals surface area contributed by atoms with Crippen LogP contribution in [0.4, 0.5) is 0 Å². The van der Waals surface area contributed by atoms with Crippen molar-refractivity contribution >= 4 is 11.8 Å². The van der Waals surface area contributed by atoms with Gasteiger partial charge in [-0.3, -0.25) is 9.59 Å². The minimum atomic E-state index is -0.208. The summed E-state index contributed by atoms with van der Waals surface area (Å²) in [5.74, 6) is 0.0864. The van der Waals surface area contributed by atoms with E-state index in [0.29, 0.717) is 17.9 Å². The fraction of sp³-hybridized carbons (Fsp3) is 0.556. The maximum absolute atomic E-state index is 12.2. The van der Waals surface area contributed by atoms with Gasteiger partial charge in [0, 0.05) is 18.2 Å². The summed E-state index contributed by atoms with van der Waals surface area (Å²) >= 11 is 0. The number of aryl methyl sites for hydroxylation is 2. The summed E-state index contributed by atoms with van der Waals surface area (Å²) in [6.07, 6.45) is 6.05. The molecule has 0 saturated heterocycles. The Kier molecular flexibility index (Phi) is 4.96. The fourth-order valence-corrected chi connectivity index (χ4v) is 3.30. The third kappa shape index (κ3) is 4.10. The second-order valence-corrected chi connectivity index (χ2v) is 6.54. The van der Waals surface area contributed by atoms with Gasteiger partial charge in [-0.15, -0.1) is 0 Å². The summed E-state index contributed by atoms with van der Waals surface area (Å²) < 4.78 is 0. The summed E-state index contributed by atoms with van der Waals surface area (Å²) in [4.78, 5) is 24.2. The van der Waals surface area contributed by atoms with Crippen LogP contribution in [0.15, 0.2) is 18.2 Å². The highest BCUT2D eigenvalue weighted by Gasteiger charge is 2.31. The molecule has 2 aliphatic carbocycles. The molecule has 1 aromatic rings. The van der Waals surface area contributed by atoms with Crippen molar-refractivity contribution in [1.29, 1.82) is 0 Å². The van der Waals surface area contributed by atoms with E-state index < -0.39 is 0 Å². The van der Waals surface area contributed by atoms with Crippen LogP contribution in [0, 0.1) is 5.92 Å². The third-order valence-corrected chi connectivity index (χ3v) is 4.75. The molecule has 3 rings (SSSR count). The lowest BCUT2D eigenvalue weighted by atomic mass is 10.1. The number of carbonyl (C=O) groups is 2. The Bertz CT molecular complexity index is 596. The average molecular weight is 316 g/mol. The van der Waals surface area contributed by atoms with Gasteiger partial charge in [-0.2, -0.15) is 0 Å². The molecule has 3 N–H and O–H groups in total. The monoisotopic (exact) mass is 316 g/mol. The lowest BCUT2D eigenvalue weighted by Crippen LogP contribution is -2.43. The molecule has 1 atom stereocenters. The van der Waals surface area contributed by atoms with Crippen LogP contribution in [0.25, 0.3) is 0 Å². The second-order valence-electron chi connectivity index (χ2n) is 6.54. The number of aliphatic hydroxyl groups excluding tert-OH is 1. The number of benzene rings is 1. The zero-order valence-corrected chi connectivity index (χ0v) is 13.3. The maximum Gasteiger partial charge on any atom is 0.251 e. The Hall–Kier alpha value is -1.88. The second kappa shape index (κ2) is 7.13. The highest BCUT2D eigenvalue weighted by atomic mass is 16.3. The highest BCUT2D eigenvalue weighted by molar-refractivity contribution is 5.96. The Morgan fingerprint density at radius 1 is 1.22 bits per heavy atom. The van der Waals surface area contributed by atoms with E-state index in [1.165, 1.54) is 11.1 Å². The SMILES string of the molecule is O=C(CNC(=O)c1ccc2c(c1)CCC2)NC(CCO)C1CC1. The normalized spacial score (nSPS) is 17.4. The highest BCUT2D eigenvalue weighted by Crippen LogP contribution is 2.33. The van der Waals surface area contributed by atoms with Crippen LogP contribution in [0.5, 0.6) is 0 Å². The minimum Gasteiger partial charge on any atom is -0.396 e. The van der Waals surface area contributed by atoms with E-state index in [-0.39, 0.29) is 31.0 Å². The molecule has 5 heteroatoms. The van der Waals surface area contributed by atoms with Gasteiger partial charge in [0.1, 0.15) is 0 Å². The molecule has 0 radical (unpaired) electrons. The molecular formula is C18H24N2O3. The zero-order chi connectivity index (χ0) is 16.2. The van der Waals surface area contributed by atoms with Crippen LogP contribution >= 0.6 is 0 Å². The first kappa shape index (κ1) is 16.0. The summed E-state index contributed by atoms with van der Waals surface area (Å²) in [5, 5.41) is 14.6. The Morgan fingerprint density at radius 3 is 2.74 bits per heavy atom. The summed E-state index contributed by atoms with van der Waals surface area (Å²) in [6.45, 7) is 0.0491. The molecule has 0 bridgehead atoms. The molecule has 0 aliphatic heterocycles. The van der Waals surface area contributed by atoms with Crippen molar-refractivity contribution in [1.82, 2.24) is 10.6 Å². The van der Waals surface area contributed by atoms with Gasteiger partial charge in [-0.1, -0.05) is 6.07 Å². The zero-order valence-electron chi connectivity index (χ0n) is 13.3. The average Bonchev–Trinajstić information content (AvgIpc) is 3.29. The van der Waals surface area contributed by atoms with Crippen LogP contribution in [0.2, 0.25) is 0 Å². The first-order valence-electron chi connectivity index (χ1n) is 8.47. The molecule has 2 aliphatic rings. The molecule has 0 spiro atoms.